The maximum absolute atomic E-state index is 5.70. The fraction of sp³-hybridized carbons (Fsp3) is 0.714. The van der Waals surface area contributed by atoms with Crippen molar-refractivity contribution < 1.29 is 4.74 Å². The zero-order valence-electron chi connectivity index (χ0n) is 15.4. The highest BCUT2D eigenvalue weighted by Crippen LogP contribution is 2.34. The average molecular weight is 305 g/mol. The average Bonchev–Trinajstić information content (AvgIpc) is 2.58. The molecule has 1 aliphatic carbocycles. The van der Waals surface area contributed by atoms with Gasteiger partial charge in [0.15, 0.2) is 0 Å². The summed E-state index contributed by atoms with van der Waals surface area (Å²) in [7, 11) is 0. The Morgan fingerprint density at radius 2 is 1.77 bits per heavy atom. The summed E-state index contributed by atoms with van der Waals surface area (Å²) < 4.78 is 5.70. The van der Waals surface area contributed by atoms with E-state index in [1.165, 1.54) is 37.7 Å². The molecule has 0 bridgehead atoms. The van der Waals surface area contributed by atoms with E-state index in [1.54, 1.807) is 5.56 Å². The van der Waals surface area contributed by atoms with E-state index >= 15 is 0 Å². The minimum Gasteiger partial charge on any atom is -0.381 e. The molecule has 0 aliphatic heterocycles. The van der Waals surface area contributed by atoms with Crippen LogP contribution in [0, 0.1) is 5.92 Å². The van der Waals surface area contributed by atoms with Crippen LogP contribution in [0.5, 0.6) is 0 Å². The van der Waals surface area contributed by atoms with Gasteiger partial charge in [0.1, 0.15) is 0 Å². The molecule has 0 amide bonds. The van der Waals surface area contributed by atoms with Gasteiger partial charge in [-0.1, -0.05) is 71.2 Å². The molecule has 1 atom stereocenters. The topological polar surface area (TPSA) is 9.23 Å². The number of rotatable bonds is 6. The van der Waals surface area contributed by atoms with Crippen LogP contribution >= 0.6 is 0 Å². The van der Waals surface area contributed by atoms with Gasteiger partial charge in [-0.3, -0.25) is 0 Å². The zero-order chi connectivity index (χ0) is 16.4. The van der Waals surface area contributed by atoms with Crippen molar-refractivity contribution in [1.29, 1.82) is 0 Å². The van der Waals surface area contributed by atoms with Crippen LogP contribution in [-0.2, 0) is 4.74 Å². The first kappa shape index (κ1) is 19.2. The molecule has 2 rings (SSSR count). The smallest absolute Gasteiger partial charge is 0.0537 e. The Hall–Kier alpha value is -0.820. The fourth-order valence-electron chi connectivity index (χ4n) is 3.40. The second-order valence-electron chi connectivity index (χ2n) is 6.52. The largest absolute Gasteiger partial charge is 0.381 e. The van der Waals surface area contributed by atoms with Gasteiger partial charge in [-0.15, -0.1) is 0 Å². The molecule has 1 unspecified atom stereocenters. The molecule has 1 fully saturated rings. The Morgan fingerprint density at radius 3 is 2.36 bits per heavy atom. The van der Waals surface area contributed by atoms with Crippen molar-refractivity contribution in [3.63, 3.8) is 0 Å². The van der Waals surface area contributed by atoms with E-state index in [-0.39, 0.29) is 0 Å². The molecular formula is C21H36O. The lowest BCUT2D eigenvalue weighted by Crippen LogP contribution is -2.15. The highest BCUT2D eigenvalue weighted by atomic mass is 16.5. The Labute approximate surface area is 138 Å². The Balaban J connectivity index is 0.00000116. The molecule has 0 heterocycles. The zero-order valence-corrected chi connectivity index (χ0v) is 15.4. The summed E-state index contributed by atoms with van der Waals surface area (Å²) in [5, 5.41) is 0. The quantitative estimate of drug-likeness (QED) is 0.580. The van der Waals surface area contributed by atoms with Crippen LogP contribution in [0.2, 0.25) is 0 Å². The molecule has 1 aromatic rings. The number of benzene rings is 1. The summed E-state index contributed by atoms with van der Waals surface area (Å²) in [5.41, 5.74) is 3.03. The van der Waals surface area contributed by atoms with Crippen molar-refractivity contribution in [2.75, 3.05) is 13.2 Å². The van der Waals surface area contributed by atoms with Gasteiger partial charge in [-0.2, -0.15) is 0 Å². The van der Waals surface area contributed by atoms with E-state index in [2.05, 4.69) is 45.0 Å². The monoisotopic (exact) mass is 304 g/mol. The Bertz CT molecular complexity index is 391. The summed E-state index contributed by atoms with van der Waals surface area (Å²) in [6.45, 7) is 12.3. The lowest BCUT2D eigenvalue weighted by Gasteiger charge is -2.25. The van der Waals surface area contributed by atoms with Gasteiger partial charge >= 0.3 is 0 Å². The molecule has 0 spiro atoms. The molecule has 1 aromatic carbocycles. The van der Waals surface area contributed by atoms with E-state index < -0.39 is 0 Å². The summed E-state index contributed by atoms with van der Waals surface area (Å²) >= 11 is 0. The first-order chi connectivity index (χ1) is 10.7. The second-order valence-corrected chi connectivity index (χ2v) is 6.52. The molecule has 1 saturated carbocycles. The predicted octanol–water partition coefficient (Wildman–Crippen LogP) is 6.54. The number of hydrogen-bond donors (Lipinski definition) is 0. The number of ether oxygens (including phenoxy) is 1. The molecule has 0 aromatic heterocycles. The third kappa shape index (κ3) is 5.76. The lowest BCUT2D eigenvalue weighted by atomic mass is 9.81. The van der Waals surface area contributed by atoms with Gasteiger partial charge in [0.2, 0.25) is 0 Å². The van der Waals surface area contributed by atoms with Gasteiger partial charge in [0, 0.05) is 12.5 Å². The van der Waals surface area contributed by atoms with Crippen LogP contribution < -0.4 is 0 Å². The second kappa shape index (κ2) is 10.8. The van der Waals surface area contributed by atoms with E-state index in [1.807, 2.05) is 13.8 Å². The van der Waals surface area contributed by atoms with E-state index in [0.29, 0.717) is 11.8 Å². The summed E-state index contributed by atoms with van der Waals surface area (Å²) in [5.74, 6) is 1.95. The summed E-state index contributed by atoms with van der Waals surface area (Å²) in [6, 6.07) is 9.33. The highest BCUT2D eigenvalue weighted by molar-refractivity contribution is 5.29. The third-order valence-electron chi connectivity index (χ3n) is 4.72. The van der Waals surface area contributed by atoms with Gasteiger partial charge in [0.25, 0.3) is 0 Å². The van der Waals surface area contributed by atoms with Crippen LogP contribution in [0.4, 0.5) is 0 Å². The van der Waals surface area contributed by atoms with E-state index in [4.69, 9.17) is 4.74 Å². The van der Waals surface area contributed by atoms with Gasteiger partial charge in [-0.25, -0.2) is 0 Å². The molecular weight excluding hydrogens is 268 g/mol. The minimum absolute atomic E-state index is 0.526. The molecule has 22 heavy (non-hydrogen) atoms. The molecule has 0 N–H and O–H groups in total. The maximum Gasteiger partial charge on any atom is 0.0537 e. The van der Waals surface area contributed by atoms with Crippen LogP contribution in [0.1, 0.15) is 89.7 Å². The van der Waals surface area contributed by atoms with Crippen molar-refractivity contribution in [2.24, 2.45) is 5.92 Å². The standard InChI is InChI=1S/C19H30O.C2H6/c1-4-20-14-19(15(2)3)18-12-8-11-17(13-18)16-9-6-5-7-10-16;1-2/h8,11-13,15-16,19H,4-7,9-10,14H2,1-3H3;1-2H3. The molecule has 126 valence electrons. The molecule has 0 radical (unpaired) electrons. The first-order valence-corrected chi connectivity index (χ1v) is 9.40. The van der Waals surface area contributed by atoms with Crippen LogP contribution in [0.25, 0.3) is 0 Å². The third-order valence-corrected chi connectivity index (χ3v) is 4.72. The molecule has 1 aliphatic rings. The van der Waals surface area contributed by atoms with Crippen molar-refractivity contribution in [1.82, 2.24) is 0 Å². The number of hydrogen-bond acceptors (Lipinski definition) is 1. The first-order valence-electron chi connectivity index (χ1n) is 9.40. The molecule has 0 saturated heterocycles. The summed E-state index contributed by atoms with van der Waals surface area (Å²) in [6.07, 6.45) is 6.99. The van der Waals surface area contributed by atoms with E-state index in [9.17, 15) is 0 Å². The predicted molar refractivity (Wildman–Crippen MR) is 97.7 cm³/mol. The highest BCUT2D eigenvalue weighted by Gasteiger charge is 2.19. The van der Waals surface area contributed by atoms with Gasteiger partial charge in [-0.05, 0) is 42.7 Å². The van der Waals surface area contributed by atoms with Crippen LogP contribution in [0.3, 0.4) is 0 Å². The minimum atomic E-state index is 0.526. The molecule has 1 nitrogen and oxygen atoms in total. The van der Waals surface area contributed by atoms with E-state index in [0.717, 1.165) is 19.1 Å². The lowest BCUT2D eigenvalue weighted by molar-refractivity contribution is 0.119. The fourth-order valence-corrected chi connectivity index (χ4v) is 3.40. The van der Waals surface area contributed by atoms with Crippen molar-refractivity contribution in [3.8, 4) is 0 Å². The van der Waals surface area contributed by atoms with Crippen molar-refractivity contribution >= 4 is 0 Å². The van der Waals surface area contributed by atoms with Crippen LogP contribution in [0.15, 0.2) is 24.3 Å². The van der Waals surface area contributed by atoms with Crippen LogP contribution in [-0.4, -0.2) is 13.2 Å². The van der Waals surface area contributed by atoms with Crippen molar-refractivity contribution in [2.45, 2.75) is 78.6 Å². The summed E-state index contributed by atoms with van der Waals surface area (Å²) in [4.78, 5) is 0. The van der Waals surface area contributed by atoms with Gasteiger partial charge < -0.3 is 4.74 Å². The normalized spacial score (nSPS) is 17.0. The van der Waals surface area contributed by atoms with Crippen molar-refractivity contribution in [3.05, 3.63) is 35.4 Å². The molecule has 1 heteroatoms. The Morgan fingerprint density at radius 1 is 1.09 bits per heavy atom. The maximum atomic E-state index is 5.70. The Kier molecular flexibility index (Phi) is 9.47. The SMILES string of the molecule is CC.CCOCC(c1cccc(C2CCCCC2)c1)C(C)C. The van der Waals surface area contributed by atoms with Gasteiger partial charge in [0.05, 0.1) is 6.61 Å².